The van der Waals surface area contributed by atoms with Crippen LogP contribution in [0.15, 0.2) is 65.7 Å². The molecule has 4 rings (SSSR count). The number of sulfonamides is 1. The van der Waals surface area contributed by atoms with Crippen molar-refractivity contribution in [1.82, 2.24) is 14.1 Å². The molecule has 0 saturated carbocycles. The lowest BCUT2D eigenvalue weighted by molar-refractivity contribution is 0.383. The Morgan fingerprint density at radius 2 is 1.57 bits per heavy atom. The van der Waals surface area contributed by atoms with E-state index in [2.05, 4.69) is 5.10 Å². The van der Waals surface area contributed by atoms with E-state index in [4.69, 9.17) is 0 Å². The summed E-state index contributed by atoms with van der Waals surface area (Å²) in [6, 6.07) is 16.0. The average Bonchev–Trinajstić information content (AvgIpc) is 3.12. The summed E-state index contributed by atoms with van der Waals surface area (Å²) in [7, 11) is -3.67. The number of para-hydroxylation sites is 2. The summed E-state index contributed by atoms with van der Waals surface area (Å²) in [5, 5.41) is 4.37. The summed E-state index contributed by atoms with van der Waals surface area (Å²) in [6.07, 6.45) is 1.56. The molecule has 0 atom stereocenters. The highest BCUT2D eigenvalue weighted by atomic mass is 32.2. The Morgan fingerprint density at radius 1 is 0.929 bits per heavy atom. The Labute approximate surface area is 163 Å². The molecule has 146 valence electrons. The third-order valence-electron chi connectivity index (χ3n) is 4.92. The first-order valence-electron chi connectivity index (χ1n) is 9.08. The molecule has 6 nitrogen and oxygen atoms in total. The monoisotopic (exact) mass is 400 g/mol. The van der Waals surface area contributed by atoms with Crippen molar-refractivity contribution in [3.05, 3.63) is 72.3 Å². The number of piperazine rings is 1. The maximum Gasteiger partial charge on any atom is 0.246 e. The van der Waals surface area contributed by atoms with E-state index in [0.717, 1.165) is 5.69 Å². The lowest BCUT2D eigenvalue weighted by atomic mass is 10.2. The molecular formula is C20H21FN4O2S. The fourth-order valence-corrected chi connectivity index (χ4v) is 5.00. The molecule has 3 aromatic rings. The molecule has 0 spiro atoms. The van der Waals surface area contributed by atoms with Crippen molar-refractivity contribution >= 4 is 15.7 Å². The van der Waals surface area contributed by atoms with Crippen LogP contribution in [0.2, 0.25) is 0 Å². The zero-order chi connectivity index (χ0) is 19.7. The molecule has 2 heterocycles. The molecule has 0 amide bonds. The van der Waals surface area contributed by atoms with Crippen molar-refractivity contribution in [3.8, 4) is 5.69 Å². The topological polar surface area (TPSA) is 58.4 Å². The smallest absolute Gasteiger partial charge is 0.246 e. The van der Waals surface area contributed by atoms with Crippen LogP contribution in [0.1, 0.15) is 5.69 Å². The molecule has 8 heteroatoms. The van der Waals surface area contributed by atoms with Gasteiger partial charge in [-0.1, -0.05) is 30.3 Å². The molecule has 0 N–H and O–H groups in total. The summed E-state index contributed by atoms with van der Waals surface area (Å²) in [4.78, 5) is 2.08. The molecular weight excluding hydrogens is 379 g/mol. The first-order chi connectivity index (χ1) is 13.5. The highest BCUT2D eigenvalue weighted by Crippen LogP contribution is 2.25. The van der Waals surface area contributed by atoms with Gasteiger partial charge in [0.2, 0.25) is 10.0 Å². The Balaban J connectivity index is 1.54. The number of rotatable bonds is 4. The van der Waals surface area contributed by atoms with Crippen molar-refractivity contribution in [1.29, 1.82) is 0 Å². The number of nitrogens with zero attached hydrogens (tertiary/aromatic N) is 4. The van der Waals surface area contributed by atoms with Gasteiger partial charge in [-0.3, -0.25) is 0 Å². The van der Waals surface area contributed by atoms with Crippen LogP contribution < -0.4 is 4.90 Å². The van der Waals surface area contributed by atoms with Crippen LogP contribution in [-0.2, 0) is 10.0 Å². The third kappa shape index (κ3) is 3.41. The molecule has 0 aliphatic carbocycles. The van der Waals surface area contributed by atoms with Crippen molar-refractivity contribution in [2.24, 2.45) is 0 Å². The maximum atomic E-state index is 14.0. The lowest BCUT2D eigenvalue weighted by Gasteiger charge is -2.35. The van der Waals surface area contributed by atoms with Gasteiger partial charge in [-0.15, -0.1) is 0 Å². The minimum absolute atomic E-state index is 0.204. The second-order valence-electron chi connectivity index (χ2n) is 6.70. The van der Waals surface area contributed by atoms with Crippen LogP contribution in [-0.4, -0.2) is 48.7 Å². The number of anilines is 1. The number of halogens is 1. The summed E-state index contributed by atoms with van der Waals surface area (Å²) in [5.74, 6) is -0.293. The highest BCUT2D eigenvalue weighted by Gasteiger charge is 2.31. The van der Waals surface area contributed by atoms with Crippen LogP contribution in [0, 0.1) is 12.7 Å². The van der Waals surface area contributed by atoms with E-state index in [9.17, 15) is 12.8 Å². The number of hydrogen-bond acceptors (Lipinski definition) is 4. The van der Waals surface area contributed by atoms with E-state index in [-0.39, 0.29) is 10.7 Å². The molecule has 1 aliphatic rings. The van der Waals surface area contributed by atoms with Gasteiger partial charge in [-0.2, -0.15) is 9.40 Å². The normalized spacial score (nSPS) is 15.7. The molecule has 0 unspecified atom stereocenters. The summed E-state index contributed by atoms with van der Waals surface area (Å²) in [5.41, 5.74) is 1.77. The predicted octanol–water partition coefficient (Wildman–Crippen LogP) is 2.83. The number of hydrogen-bond donors (Lipinski definition) is 0. The Kier molecular flexibility index (Phi) is 4.91. The molecule has 0 radical (unpaired) electrons. The van der Waals surface area contributed by atoms with Crippen molar-refractivity contribution < 1.29 is 12.8 Å². The molecule has 0 bridgehead atoms. The minimum atomic E-state index is -3.67. The molecule has 1 aliphatic heterocycles. The van der Waals surface area contributed by atoms with E-state index >= 15 is 0 Å². The van der Waals surface area contributed by atoms with E-state index in [1.807, 2.05) is 35.2 Å². The van der Waals surface area contributed by atoms with Crippen molar-refractivity contribution in [2.75, 3.05) is 31.1 Å². The number of benzene rings is 2. The fraction of sp³-hybridized carbons (Fsp3) is 0.250. The summed E-state index contributed by atoms with van der Waals surface area (Å²) < 4.78 is 43.3. The zero-order valence-corrected chi connectivity index (χ0v) is 16.3. The Bertz CT molecular complexity index is 1070. The quantitative estimate of drug-likeness (QED) is 0.676. The van der Waals surface area contributed by atoms with Gasteiger partial charge in [0.15, 0.2) is 0 Å². The van der Waals surface area contributed by atoms with Gasteiger partial charge >= 0.3 is 0 Å². The highest BCUT2D eigenvalue weighted by molar-refractivity contribution is 7.89. The van der Waals surface area contributed by atoms with Gasteiger partial charge in [0.05, 0.1) is 23.3 Å². The number of aryl methyl sites for hydroxylation is 1. The Morgan fingerprint density at radius 3 is 2.25 bits per heavy atom. The summed E-state index contributed by atoms with van der Waals surface area (Å²) >= 11 is 0. The zero-order valence-electron chi connectivity index (χ0n) is 15.5. The lowest BCUT2D eigenvalue weighted by Crippen LogP contribution is -2.49. The van der Waals surface area contributed by atoms with Crippen LogP contribution in [0.25, 0.3) is 5.69 Å². The molecule has 1 saturated heterocycles. The van der Waals surface area contributed by atoms with Crippen LogP contribution in [0.5, 0.6) is 0 Å². The van der Waals surface area contributed by atoms with Crippen molar-refractivity contribution in [3.63, 3.8) is 0 Å². The van der Waals surface area contributed by atoms with E-state index in [0.29, 0.717) is 37.6 Å². The van der Waals surface area contributed by atoms with Gasteiger partial charge in [0, 0.05) is 26.2 Å². The second kappa shape index (κ2) is 7.37. The number of aromatic nitrogens is 2. The van der Waals surface area contributed by atoms with Gasteiger partial charge in [-0.05, 0) is 31.2 Å². The standard InChI is InChI=1S/C20H21FN4O2S/c1-16-20(15-25(22-16)17-7-3-2-4-8-17)28(26,27)24-13-11-23(12-14-24)19-10-6-5-9-18(19)21/h2-10,15H,11-14H2,1H3. The van der Waals surface area contributed by atoms with Crippen LogP contribution in [0.3, 0.4) is 0 Å². The van der Waals surface area contributed by atoms with E-state index < -0.39 is 10.0 Å². The Hall–Kier alpha value is -2.71. The van der Waals surface area contributed by atoms with Crippen molar-refractivity contribution in [2.45, 2.75) is 11.8 Å². The molecule has 28 heavy (non-hydrogen) atoms. The van der Waals surface area contributed by atoms with Crippen LogP contribution in [0.4, 0.5) is 10.1 Å². The SMILES string of the molecule is Cc1nn(-c2ccccc2)cc1S(=O)(=O)N1CCN(c2ccccc2F)CC1. The van der Waals surface area contributed by atoms with Gasteiger partial charge in [0.25, 0.3) is 0 Å². The molecule has 1 aromatic heterocycles. The van der Waals surface area contributed by atoms with E-state index in [1.165, 1.54) is 10.4 Å². The van der Waals surface area contributed by atoms with E-state index in [1.54, 1.807) is 36.0 Å². The molecule has 2 aromatic carbocycles. The predicted molar refractivity (Wildman–Crippen MR) is 106 cm³/mol. The molecule has 1 fully saturated rings. The maximum absolute atomic E-state index is 14.0. The summed E-state index contributed by atoms with van der Waals surface area (Å²) in [6.45, 7) is 3.17. The first-order valence-corrected chi connectivity index (χ1v) is 10.5. The first kappa shape index (κ1) is 18.6. The van der Waals surface area contributed by atoms with Gasteiger partial charge in [-0.25, -0.2) is 17.5 Å². The van der Waals surface area contributed by atoms with Gasteiger partial charge in [0.1, 0.15) is 10.7 Å². The minimum Gasteiger partial charge on any atom is -0.367 e. The average molecular weight is 400 g/mol. The van der Waals surface area contributed by atoms with Gasteiger partial charge < -0.3 is 4.90 Å². The fourth-order valence-electron chi connectivity index (χ4n) is 3.43. The third-order valence-corrected chi connectivity index (χ3v) is 6.93. The largest absolute Gasteiger partial charge is 0.367 e. The second-order valence-corrected chi connectivity index (χ2v) is 8.61. The van der Waals surface area contributed by atoms with Crippen LogP contribution >= 0.6 is 0 Å².